The Morgan fingerprint density at radius 3 is 2.65 bits per heavy atom. The molecule has 1 N–H and O–H groups in total. The van der Waals surface area contributed by atoms with Crippen LogP contribution in [-0.4, -0.2) is 85.7 Å². The first-order chi connectivity index (χ1) is 12.4. The van der Waals surface area contributed by atoms with E-state index in [1.54, 1.807) is 23.5 Å². The molecule has 0 aliphatic carbocycles. The molecule has 9 nitrogen and oxygen atoms in total. The van der Waals surface area contributed by atoms with Gasteiger partial charge < -0.3 is 15.1 Å². The molecule has 1 aromatic rings. The third-order valence-corrected chi connectivity index (χ3v) is 6.20. The average molecular weight is 382 g/mol. The summed E-state index contributed by atoms with van der Waals surface area (Å²) < 4.78 is 24.9. The molecule has 0 saturated carbocycles. The van der Waals surface area contributed by atoms with Crippen LogP contribution in [0, 0.1) is 5.92 Å². The number of amides is 2. The number of nitrogens with one attached hydrogen (secondary N) is 1. The van der Waals surface area contributed by atoms with Crippen molar-refractivity contribution < 1.29 is 13.2 Å². The second-order valence-electron chi connectivity index (χ2n) is 6.85. The van der Waals surface area contributed by atoms with Crippen LogP contribution in [-0.2, 0) is 10.0 Å². The number of rotatable bonds is 4. The summed E-state index contributed by atoms with van der Waals surface area (Å²) in [4.78, 5) is 24.7. The molecular formula is C16H26N6O3S. The zero-order chi connectivity index (χ0) is 18.6. The largest absolute Gasteiger partial charge is 0.352 e. The lowest BCUT2D eigenvalue weighted by molar-refractivity contribution is 0.188. The number of sulfonamides is 1. The Bertz CT molecular complexity index is 706. The number of hydrogen-bond donors (Lipinski definition) is 1. The van der Waals surface area contributed by atoms with Crippen LogP contribution in [0.3, 0.4) is 0 Å². The third-order valence-electron chi connectivity index (χ3n) is 4.93. The first-order valence-electron chi connectivity index (χ1n) is 8.92. The zero-order valence-corrected chi connectivity index (χ0v) is 15.9. The molecule has 0 unspecified atom stereocenters. The zero-order valence-electron chi connectivity index (χ0n) is 15.0. The van der Waals surface area contributed by atoms with Crippen molar-refractivity contribution in [1.29, 1.82) is 0 Å². The van der Waals surface area contributed by atoms with Crippen molar-refractivity contribution in [3.8, 4) is 0 Å². The summed E-state index contributed by atoms with van der Waals surface area (Å²) in [6.07, 6.45) is 8.05. The van der Waals surface area contributed by atoms with E-state index in [4.69, 9.17) is 0 Å². The van der Waals surface area contributed by atoms with Crippen LogP contribution >= 0.6 is 0 Å². The number of nitrogens with zero attached hydrogens (tertiary/aromatic N) is 5. The highest BCUT2D eigenvalue weighted by Crippen LogP contribution is 2.18. The molecule has 10 heteroatoms. The molecule has 2 aliphatic rings. The van der Waals surface area contributed by atoms with Gasteiger partial charge in [-0.3, -0.25) is 4.98 Å². The third kappa shape index (κ3) is 4.82. The molecule has 3 rings (SSSR count). The molecule has 1 aromatic heterocycles. The van der Waals surface area contributed by atoms with Gasteiger partial charge in [0.1, 0.15) is 5.82 Å². The number of anilines is 1. The van der Waals surface area contributed by atoms with Crippen molar-refractivity contribution in [2.45, 2.75) is 12.8 Å². The van der Waals surface area contributed by atoms with Gasteiger partial charge in [0.15, 0.2) is 0 Å². The number of carbonyl (C=O) groups is 1. The SMILES string of the molecule is CS(=O)(=O)N1CCC[C@H](CNC(=O)N2CCN(c3cnccn3)CC2)C1. The minimum atomic E-state index is -3.16. The van der Waals surface area contributed by atoms with Crippen LogP contribution < -0.4 is 10.2 Å². The smallest absolute Gasteiger partial charge is 0.317 e. The van der Waals surface area contributed by atoms with Crippen LogP contribution in [0.25, 0.3) is 0 Å². The van der Waals surface area contributed by atoms with Gasteiger partial charge in [-0.15, -0.1) is 0 Å². The van der Waals surface area contributed by atoms with Gasteiger partial charge >= 0.3 is 6.03 Å². The minimum absolute atomic E-state index is 0.0831. The fourth-order valence-corrected chi connectivity index (χ4v) is 4.37. The van der Waals surface area contributed by atoms with Gasteiger partial charge in [-0.1, -0.05) is 0 Å². The maximum Gasteiger partial charge on any atom is 0.317 e. The molecule has 1 atom stereocenters. The lowest BCUT2D eigenvalue weighted by Crippen LogP contribution is -2.53. The highest BCUT2D eigenvalue weighted by Gasteiger charge is 2.27. The van der Waals surface area contributed by atoms with E-state index in [-0.39, 0.29) is 11.9 Å². The molecule has 2 aliphatic heterocycles. The van der Waals surface area contributed by atoms with Crippen molar-refractivity contribution >= 4 is 21.9 Å². The normalized spacial score (nSPS) is 22.3. The highest BCUT2D eigenvalue weighted by atomic mass is 32.2. The monoisotopic (exact) mass is 382 g/mol. The maximum atomic E-state index is 12.4. The fourth-order valence-electron chi connectivity index (χ4n) is 3.43. The molecule has 0 radical (unpaired) electrons. The Labute approximate surface area is 154 Å². The predicted octanol–water partition coefficient (Wildman–Crippen LogP) is -0.0202. The summed E-state index contributed by atoms with van der Waals surface area (Å²) in [6.45, 7) is 4.27. The van der Waals surface area contributed by atoms with E-state index in [1.165, 1.54) is 10.6 Å². The Morgan fingerprint density at radius 1 is 1.23 bits per heavy atom. The molecule has 2 amide bonds. The summed E-state index contributed by atoms with van der Waals surface area (Å²) in [5.74, 6) is 0.999. The Hall–Kier alpha value is -1.94. The molecule has 144 valence electrons. The fraction of sp³-hybridized carbons (Fsp3) is 0.688. The van der Waals surface area contributed by atoms with Gasteiger partial charge in [-0.25, -0.2) is 22.5 Å². The van der Waals surface area contributed by atoms with Crippen LogP contribution in [0.4, 0.5) is 10.6 Å². The molecule has 0 aromatic carbocycles. The van der Waals surface area contributed by atoms with Crippen molar-refractivity contribution in [2.75, 3.05) is 57.0 Å². The quantitative estimate of drug-likeness (QED) is 0.786. The summed E-state index contributed by atoms with van der Waals surface area (Å²) in [6, 6.07) is -0.0831. The van der Waals surface area contributed by atoms with Crippen LogP contribution in [0.1, 0.15) is 12.8 Å². The van der Waals surface area contributed by atoms with E-state index >= 15 is 0 Å². The maximum absolute atomic E-state index is 12.4. The van der Waals surface area contributed by atoms with Gasteiger partial charge in [0.25, 0.3) is 0 Å². The molecule has 0 spiro atoms. The van der Waals surface area contributed by atoms with Crippen LogP contribution in [0.5, 0.6) is 0 Å². The van der Waals surface area contributed by atoms with Crippen molar-refractivity contribution in [1.82, 2.24) is 24.5 Å². The van der Waals surface area contributed by atoms with E-state index in [1.807, 2.05) is 0 Å². The Morgan fingerprint density at radius 2 is 2.00 bits per heavy atom. The number of piperazine rings is 1. The summed E-state index contributed by atoms with van der Waals surface area (Å²) in [5.41, 5.74) is 0. The molecule has 0 bridgehead atoms. The topological polar surface area (TPSA) is 98.7 Å². The van der Waals surface area contributed by atoms with Gasteiger partial charge in [-0.2, -0.15) is 0 Å². The van der Waals surface area contributed by atoms with E-state index in [0.717, 1.165) is 31.7 Å². The van der Waals surface area contributed by atoms with E-state index in [9.17, 15) is 13.2 Å². The standard InChI is InChI=1S/C16H26N6O3S/c1-26(24,25)22-6-2-3-14(13-22)11-19-16(23)21-9-7-20(8-10-21)15-12-17-4-5-18-15/h4-5,12,14H,2-3,6-11,13H2,1H3,(H,19,23)/t14-/m1/s1. The summed E-state index contributed by atoms with van der Waals surface area (Å²) >= 11 is 0. The van der Waals surface area contributed by atoms with Gasteiger partial charge in [0.2, 0.25) is 10.0 Å². The predicted molar refractivity (Wildman–Crippen MR) is 98.4 cm³/mol. The van der Waals surface area contributed by atoms with Crippen LogP contribution in [0.15, 0.2) is 18.6 Å². The number of carbonyl (C=O) groups excluding carboxylic acids is 1. The van der Waals surface area contributed by atoms with Crippen LogP contribution in [0.2, 0.25) is 0 Å². The molecule has 26 heavy (non-hydrogen) atoms. The molecule has 2 fully saturated rings. The molecule has 3 heterocycles. The lowest BCUT2D eigenvalue weighted by Gasteiger charge is -2.36. The van der Waals surface area contributed by atoms with E-state index in [0.29, 0.717) is 32.7 Å². The highest BCUT2D eigenvalue weighted by molar-refractivity contribution is 7.88. The van der Waals surface area contributed by atoms with Gasteiger partial charge in [0, 0.05) is 58.2 Å². The van der Waals surface area contributed by atoms with Gasteiger partial charge in [-0.05, 0) is 18.8 Å². The average Bonchev–Trinajstić information content (AvgIpc) is 2.66. The summed E-state index contributed by atoms with van der Waals surface area (Å²) in [5, 5.41) is 2.97. The van der Waals surface area contributed by atoms with E-state index in [2.05, 4.69) is 20.2 Å². The Kier molecular flexibility index (Phi) is 5.92. The van der Waals surface area contributed by atoms with Crippen molar-refractivity contribution in [3.05, 3.63) is 18.6 Å². The first kappa shape index (κ1) is 18.8. The number of hydrogen-bond acceptors (Lipinski definition) is 6. The Balaban J connectivity index is 1.43. The number of urea groups is 1. The van der Waals surface area contributed by atoms with E-state index < -0.39 is 10.0 Å². The molecular weight excluding hydrogens is 356 g/mol. The number of piperidine rings is 1. The lowest BCUT2D eigenvalue weighted by atomic mass is 10.00. The van der Waals surface area contributed by atoms with Crippen molar-refractivity contribution in [3.63, 3.8) is 0 Å². The second kappa shape index (κ2) is 8.17. The molecule has 2 saturated heterocycles. The first-order valence-corrected chi connectivity index (χ1v) is 10.8. The minimum Gasteiger partial charge on any atom is -0.352 e. The van der Waals surface area contributed by atoms with Crippen molar-refractivity contribution in [2.24, 2.45) is 5.92 Å². The second-order valence-corrected chi connectivity index (χ2v) is 8.84. The number of aromatic nitrogens is 2. The van der Waals surface area contributed by atoms with Gasteiger partial charge in [0.05, 0.1) is 12.5 Å². The summed E-state index contributed by atoms with van der Waals surface area (Å²) in [7, 11) is -3.16.